The van der Waals surface area contributed by atoms with Gasteiger partial charge in [-0.15, -0.1) is 11.8 Å². The van der Waals surface area contributed by atoms with Gasteiger partial charge in [0.1, 0.15) is 4.24 Å². The maximum atomic E-state index is 12.3. The SMILES string of the molecule is O=S1(=O)CCSC1=C1c2ccccc2-c2ccccc21. The molecule has 1 heterocycles. The summed E-state index contributed by atoms with van der Waals surface area (Å²) in [6, 6.07) is 16.1. The summed E-state index contributed by atoms with van der Waals surface area (Å²) in [5, 5.41) is 0. The van der Waals surface area contributed by atoms with Gasteiger partial charge in [0.2, 0.25) is 0 Å². The first-order valence-corrected chi connectivity index (χ1v) is 9.11. The zero-order valence-electron chi connectivity index (χ0n) is 10.7. The number of rotatable bonds is 0. The van der Waals surface area contributed by atoms with Crippen molar-refractivity contribution in [2.24, 2.45) is 0 Å². The van der Waals surface area contributed by atoms with Crippen LogP contribution >= 0.6 is 11.8 Å². The summed E-state index contributed by atoms with van der Waals surface area (Å²) in [4.78, 5) is 0. The van der Waals surface area contributed by atoms with Crippen LogP contribution in [0.25, 0.3) is 16.7 Å². The first-order chi connectivity index (χ1) is 9.68. The van der Waals surface area contributed by atoms with Gasteiger partial charge in [-0.2, -0.15) is 0 Å². The molecule has 1 aliphatic heterocycles. The Morgan fingerprint density at radius 1 is 0.800 bits per heavy atom. The van der Waals surface area contributed by atoms with Crippen LogP contribution in [0.5, 0.6) is 0 Å². The minimum absolute atomic E-state index is 0.251. The Labute approximate surface area is 122 Å². The molecule has 1 aliphatic carbocycles. The van der Waals surface area contributed by atoms with Crippen molar-refractivity contribution in [2.45, 2.75) is 0 Å². The van der Waals surface area contributed by atoms with Crippen LogP contribution in [0.4, 0.5) is 0 Å². The normalized spacial score (nSPS) is 19.0. The largest absolute Gasteiger partial charge is 0.223 e. The summed E-state index contributed by atoms with van der Waals surface area (Å²) in [6.07, 6.45) is 0. The quantitative estimate of drug-likeness (QED) is 0.637. The van der Waals surface area contributed by atoms with Gasteiger partial charge in [0.15, 0.2) is 9.84 Å². The smallest absolute Gasteiger partial charge is 0.185 e. The lowest BCUT2D eigenvalue weighted by molar-refractivity contribution is 0.606. The van der Waals surface area contributed by atoms with Crippen LogP contribution < -0.4 is 0 Å². The predicted octanol–water partition coefficient (Wildman–Crippen LogP) is 3.55. The maximum Gasteiger partial charge on any atom is 0.185 e. The van der Waals surface area contributed by atoms with Gasteiger partial charge in [-0.1, -0.05) is 48.5 Å². The van der Waals surface area contributed by atoms with E-state index in [0.717, 1.165) is 27.8 Å². The van der Waals surface area contributed by atoms with Crippen LogP contribution in [0.2, 0.25) is 0 Å². The molecule has 2 aliphatic rings. The molecule has 1 fully saturated rings. The third-order valence-corrected chi connectivity index (χ3v) is 7.51. The highest BCUT2D eigenvalue weighted by Gasteiger charge is 2.34. The van der Waals surface area contributed by atoms with Crippen molar-refractivity contribution in [3.05, 3.63) is 63.9 Å². The van der Waals surface area contributed by atoms with Gasteiger partial charge in [0.05, 0.1) is 5.75 Å². The topological polar surface area (TPSA) is 34.1 Å². The molecule has 2 aromatic carbocycles. The molecule has 20 heavy (non-hydrogen) atoms. The van der Waals surface area contributed by atoms with E-state index in [0.29, 0.717) is 9.99 Å². The van der Waals surface area contributed by atoms with E-state index in [9.17, 15) is 8.42 Å². The molecule has 0 unspecified atom stereocenters. The van der Waals surface area contributed by atoms with Crippen molar-refractivity contribution in [1.82, 2.24) is 0 Å². The van der Waals surface area contributed by atoms with Gasteiger partial charge in [0, 0.05) is 11.3 Å². The lowest BCUT2D eigenvalue weighted by Gasteiger charge is -2.06. The Balaban J connectivity index is 2.14. The van der Waals surface area contributed by atoms with E-state index in [1.165, 1.54) is 11.8 Å². The van der Waals surface area contributed by atoms with Crippen molar-refractivity contribution in [3.8, 4) is 11.1 Å². The van der Waals surface area contributed by atoms with Gasteiger partial charge >= 0.3 is 0 Å². The van der Waals surface area contributed by atoms with E-state index < -0.39 is 9.84 Å². The Morgan fingerprint density at radius 3 is 1.75 bits per heavy atom. The molecule has 0 saturated carbocycles. The molecular weight excluding hydrogens is 288 g/mol. The third-order valence-electron chi connectivity index (χ3n) is 3.75. The van der Waals surface area contributed by atoms with E-state index in [2.05, 4.69) is 12.1 Å². The highest BCUT2D eigenvalue weighted by atomic mass is 32.3. The van der Waals surface area contributed by atoms with E-state index in [1.54, 1.807) is 0 Å². The van der Waals surface area contributed by atoms with Gasteiger partial charge in [-0.3, -0.25) is 0 Å². The second-order valence-electron chi connectivity index (χ2n) is 4.92. The number of hydrogen-bond acceptors (Lipinski definition) is 3. The molecule has 0 bridgehead atoms. The molecule has 0 radical (unpaired) electrons. The standard InChI is InChI=1S/C16H12O2S2/c17-20(18)10-9-19-16(20)15-13-7-3-1-5-11(13)12-6-2-4-8-14(12)15/h1-8H,9-10H2. The van der Waals surface area contributed by atoms with Crippen LogP contribution in [0, 0.1) is 0 Å². The summed E-state index contributed by atoms with van der Waals surface area (Å²) in [5.41, 5.74) is 5.25. The summed E-state index contributed by atoms with van der Waals surface area (Å²) >= 11 is 1.47. The lowest BCUT2D eigenvalue weighted by Crippen LogP contribution is -2.01. The summed E-state index contributed by atoms with van der Waals surface area (Å²) in [6.45, 7) is 0. The number of hydrogen-bond donors (Lipinski definition) is 0. The van der Waals surface area contributed by atoms with Gasteiger partial charge in [-0.05, 0) is 22.3 Å². The van der Waals surface area contributed by atoms with E-state index in [-0.39, 0.29) is 5.75 Å². The number of sulfone groups is 1. The first kappa shape index (κ1) is 12.2. The van der Waals surface area contributed by atoms with Crippen LogP contribution in [-0.4, -0.2) is 19.9 Å². The van der Waals surface area contributed by atoms with Crippen molar-refractivity contribution in [1.29, 1.82) is 0 Å². The molecule has 100 valence electrons. The van der Waals surface area contributed by atoms with Crippen molar-refractivity contribution >= 4 is 27.2 Å². The van der Waals surface area contributed by atoms with Crippen molar-refractivity contribution < 1.29 is 8.42 Å². The zero-order valence-corrected chi connectivity index (χ0v) is 12.3. The van der Waals surface area contributed by atoms with E-state index in [4.69, 9.17) is 0 Å². The van der Waals surface area contributed by atoms with Crippen molar-refractivity contribution in [2.75, 3.05) is 11.5 Å². The second-order valence-corrected chi connectivity index (χ2v) is 8.33. The highest BCUT2D eigenvalue weighted by molar-refractivity contribution is 8.21. The van der Waals surface area contributed by atoms with Crippen LogP contribution in [0.15, 0.2) is 52.8 Å². The Bertz CT molecular complexity index is 801. The van der Waals surface area contributed by atoms with Crippen molar-refractivity contribution in [3.63, 3.8) is 0 Å². The average molecular weight is 300 g/mol. The molecule has 1 saturated heterocycles. The fourth-order valence-electron chi connectivity index (χ4n) is 2.89. The Morgan fingerprint density at radius 2 is 1.30 bits per heavy atom. The monoisotopic (exact) mass is 300 g/mol. The molecular formula is C16H12O2S2. The fourth-order valence-corrected chi connectivity index (χ4v) is 6.59. The Hall–Kier alpha value is -1.52. The Kier molecular flexibility index (Phi) is 2.59. The van der Waals surface area contributed by atoms with Gasteiger partial charge in [0.25, 0.3) is 0 Å². The third kappa shape index (κ3) is 1.61. The number of thioether (sulfide) groups is 1. The molecule has 0 aromatic heterocycles. The molecule has 2 aromatic rings. The summed E-state index contributed by atoms with van der Waals surface area (Å²) in [7, 11) is -3.11. The van der Waals surface area contributed by atoms with Gasteiger partial charge in [-0.25, -0.2) is 8.42 Å². The summed E-state index contributed by atoms with van der Waals surface area (Å²) < 4.78 is 25.1. The average Bonchev–Trinajstić information content (AvgIpc) is 2.96. The minimum atomic E-state index is -3.11. The predicted molar refractivity (Wildman–Crippen MR) is 84.1 cm³/mol. The maximum absolute atomic E-state index is 12.3. The first-order valence-electron chi connectivity index (χ1n) is 6.47. The highest BCUT2D eigenvalue weighted by Crippen LogP contribution is 2.49. The molecule has 0 amide bonds. The number of benzene rings is 2. The second kappa shape index (κ2) is 4.24. The molecule has 0 spiro atoms. The molecule has 4 heteroatoms. The minimum Gasteiger partial charge on any atom is -0.223 e. The summed E-state index contributed by atoms with van der Waals surface area (Å²) in [5.74, 6) is 0.909. The fraction of sp³-hybridized carbons (Fsp3) is 0.125. The van der Waals surface area contributed by atoms with E-state index >= 15 is 0 Å². The molecule has 2 nitrogen and oxygen atoms in total. The van der Waals surface area contributed by atoms with Crippen LogP contribution in [0.3, 0.4) is 0 Å². The number of fused-ring (bicyclic) bond motifs is 3. The molecule has 0 N–H and O–H groups in total. The molecule has 0 atom stereocenters. The van der Waals surface area contributed by atoms with Crippen LogP contribution in [0.1, 0.15) is 11.1 Å². The molecule has 4 rings (SSSR count). The zero-order chi connectivity index (χ0) is 13.7. The lowest BCUT2D eigenvalue weighted by atomic mass is 10.1. The van der Waals surface area contributed by atoms with Gasteiger partial charge < -0.3 is 0 Å². The van der Waals surface area contributed by atoms with E-state index in [1.807, 2.05) is 36.4 Å². The van der Waals surface area contributed by atoms with Crippen LogP contribution in [-0.2, 0) is 9.84 Å².